The van der Waals surface area contributed by atoms with Crippen LogP contribution in [0.2, 0.25) is 0 Å². The molecule has 0 saturated heterocycles. The summed E-state index contributed by atoms with van der Waals surface area (Å²) in [6, 6.07) is 0. The van der Waals surface area contributed by atoms with Crippen molar-refractivity contribution < 1.29 is 8.78 Å². The fourth-order valence-electron chi connectivity index (χ4n) is 3.90. The molecule has 106 valence electrons. The highest BCUT2D eigenvalue weighted by Gasteiger charge is 2.40. The van der Waals surface area contributed by atoms with Gasteiger partial charge in [-0.05, 0) is 55.0 Å². The Kier molecular flexibility index (Phi) is 5.03. The summed E-state index contributed by atoms with van der Waals surface area (Å²) >= 11 is 0. The molecule has 2 aliphatic carbocycles. The highest BCUT2D eigenvalue weighted by atomic mass is 31.0. The van der Waals surface area contributed by atoms with Gasteiger partial charge in [-0.15, -0.1) is 9.24 Å². The molecule has 0 N–H and O–H groups in total. The van der Waals surface area contributed by atoms with Gasteiger partial charge in [0.1, 0.15) is 12.3 Å². The SMILES string of the molecule is CC1CCC(CC2C(C)CCCC2P)C(F)C1F. The van der Waals surface area contributed by atoms with Crippen LogP contribution in [-0.2, 0) is 0 Å². The summed E-state index contributed by atoms with van der Waals surface area (Å²) in [7, 11) is 2.94. The second kappa shape index (κ2) is 6.16. The molecule has 2 fully saturated rings. The molecule has 3 heteroatoms. The highest BCUT2D eigenvalue weighted by molar-refractivity contribution is 7.17. The molecular formula is C15H27F2P. The number of hydrogen-bond acceptors (Lipinski definition) is 0. The summed E-state index contributed by atoms with van der Waals surface area (Å²) in [5, 5.41) is 0. The Morgan fingerprint density at radius 1 is 0.944 bits per heavy atom. The molecule has 18 heavy (non-hydrogen) atoms. The van der Waals surface area contributed by atoms with E-state index in [4.69, 9.17) is 0 Å². The van der Waals surface area contributed by atoms with E-state index in [0.717, 1.165) is 19.3 Å². The second-order valence-electron chi connectivity index (χ2n) is 6.68. The molecule has 0 aromatic carbocycles. The smallest absolute Gasteiger partial charge is 0.134 e. The minimum absolute atomic E-state index is 0.0372. The van der Waals surface area contributed by atoms with Gasteiger partial charge in [-0.3, -0.25) is 0 Å². The van der Waals surface area contributed by atoms with Crippen molar-refractivity contribution in [1.29, 1.82) is 0 Å². The predicted octanol–water partition coefficient (Wildman–Crippen LogP) is 4.78. The zero-order chi connectivity index (χ0) is 13.3. The topological polar surface area (TPSA) is 0 Å². The minimum Gasteiger partial charge on any atom is -0.244 e. The Hall–Kier alpha value is 0.290. The normalized spacial score (nSPS) is 50.2. The van der Waals surface area contributed by atoms with Gasteiger partial charge < -0.3 is 0 Å². The van der Waals surface area contributed by atoms with E-state index in [-0.39, 0.29) is 11.8 Å². The van der Waals surface area contributed by atoms with Crippen molar-refractivity contribution in [3.8, 4) is 0 Å². The van der Waals surface area contributed by atoms with E-state index < -0.39 is 12.3 Å². The first-order chi connectivity index (χ1) is 8.50. The summed E-state index contributed by atoms with van der Waals surface area (Å²) < 4.78 is 27.9. The summed E-state index contributed by atoms with van der Waals surface area (Å²) in [4.78, 5) is 0. The average Bonchev–Trinajstić information content (AvgIpc) is 2.34. The van der Waals surface area contributed by atoms with Crippen LogP contribution in [0.1, 0.15) is 52.4 Å². The number of halogens is 2. The molecule has 0 spiro atoms. The van der Waals surface area contributed by atoms with Crippen LogP contribution in [0, 0.1) is 23.7 Å². The van der Waals surface area contributed by atoms with Gasteiger partial charge in [-0.25, -0.2) is 8.78 Å². The molecule has 0 amide bonds. The number of hydrogen-bond donors (Lipinski definition) is 0. The van der Waals surface area contributed by atoms with E-state index in [2.05, 4.69) is 16.2 Å². The van der Waals surface area contributed by atoms with Gasteiger partial charge >= 0.3 is 0 Å². The van der Waals surface area contributed by atoms with Gasteiger partial charge in [-0.1, -0.05) is 26.7 Å². The monoisotopic (exact) mass is 276 g/mol. The van der Waals surface area contributed by atoms with E-state index in [0.29, 0.717) is 17.5 Å². The molecule has 0 heterocycles. The first-order valence-corrected chi connectivity index (χ1v) is 8.21. The van der Waals surface area contributed by atoms with Crippen molar-refractivity contribution in [1.82, 2.24) is 0 Å². The van der Waals surface area contributed by atoms with E-state index >= 15 is 0 Å². The van der Waals surface area contributed by atoms with Gasteiger partial charge in [0.2, 0.25) is 0 Å². The van der Waals surface area contributed by atoms with Gasteiger partial charge in [0.25, 0.3) is 0 Å². The molecule has 2 rings (SSSR count). The zero-order valence-corrected chi connectivity index (χ0v) is 12.8. The minimum atomic E-state index is -1.23. The molecule has 0 bridgehead atoms. The maximum Gasteiger partial charge on any atom is 0.134 e. The third kappa shape index (κ3) is 3.06. The van der Waals surface area contributed by atoms with Gasteiger partial charge in [0, 0.05) is 0 Å². The molecule has 8 unspecified atom stereocenters. The van der Waals surface area contributed by atoms with Gasteiger partial charge in [0.15, 0.2) is 0 Å². The van der Waals surface area contributed by atoms with E-state index in [1.165, 1.54) is 19.3 Å². The van der Waals surface area contributed by atoms with Crippen LogP contribution in [0.25, 0.3) is 0 Å². The third-order valence-corrected chi connectivity index (χ3v) is 6.17. The summed E-state index contributed by atoms with van der Waals surface area (Å²) in [5.41, 5.74) is 0.610. The molecule has 2 saturated carbocycles. The Labute approximate surface area is 112 Å². The maximum atomic E-state index is 14.1. The quantitative estimate of drug-likeness (QED) is 0.637. The Morgan fingerprint density at radius 3 is 2.33 bits per heavy atom. The fourth-order valence-corrected chi connectivity index (χ4v) is 4.67. The molecule has 8 atom stereocenters. The van der Waals surface area contributed by atoms with Crippen LogP contribution in [0.15, 0.2) is 0 Å². The largest absolute Gasteiger partial charge is 0.244 e. The fraction of sp³-hybridized carbons (Fsp3) is 1.00. The number of alkyl halides is 2. The lowest BCUT2D eigenvalue weighted by atomic mass is 9.70. The van der Waals surface area contributed by atoms with Crippen molar-refractivity contribution in [3.05, 3.63) is 0 Å². The first kappa shape index (κ1) is 14.7. The standard InChI is InChI=1S/C15H27F2P/c1-9-4-3-5-13(18)12(9)8-11-7-6-10(2)14(16)15(11)17/h9-15H,3-8,18H2,1-2H3. The van der Waals surface area contributed by atoms with Crippen LogP contribution in [0.5, 0.6) is 0 Å². The molecule has 0 aliphatic heterocycles. The van der Waals surface area contributed by atoms with Crippen LogP contribution in [-0.4, -0.2) is 18.0 Å². The van der Waals surface area contributed by atoms with Crippen molar-refractivity contribution >= 4 is 9.24 Å². The van der Waals surface area contributed by atoms with Crippen molar-refractivity contribution in [2.24, 2.45) is 23.7 Å². The molecule has 0 nitrogen and oxygen atoms in total. The van der Waals surface area contributed by atoms with E-state index in [1.54, 1.807) is 0 Å². The molecule has 0 aromatic rings. The van der Waals surface area contributed by atoms with Crippen molar-refractivity contribution in [3.63, 3.8) is 0 Å². The molecular weight excluding hydrogens is 249 g/mol. The van der Waals surface area contributed by atoms with E-state index in [9.17, 15) is 8.78 Å². The lowest BCUT2D eigenvalue weighted by Crippen LogP contribution is -2.40. The average molecular weight is 276 g/mol. The Bertz CT molecular complexity index is 261. The molecule has 0 aromatic heterocycles. The zero-order valence-electron chi connectivity index (χ0n) is 11.6. The Morgan fingerprint density at radius 2 is 1.67 bits per heavy atom. The summed E-state index contributed by atoms with van der Waals surface area (Å²) in [6.45, 7) is 4.13. The first-order valence-electron chi connectivity index (χ1n) is 7.54. The lowest BCUT2D eigenvalue weighted by Gasteiger charge is -2.40. The molecule has 2 aliphatic rings. The Balaban J connectivity index is 1.95. The van der Waals surface area contributed by atoms with Crippen LogP contribution < -0.4 is 0 Å². The molecule has 0 radical (unpaired) electrons. The van der Waals surface area contributed by atoms with Crippen molar-refractivity contribution in [2.45, 2.75) is 70.4 Å². The third-order valence-electron chi connectivity index (χ3n) is 5.34. The summed E-state index contributed by atoms with van der Waals surface area (Å²) in [5.74, 6) is 1.12. The summed E-state index contributed by atoms with van der Waals surface area (Å²) in [6.07, 6.45) is 3.96. The predicted molar refractivity (Wildman–Crippen MR) is 76.3 cm³/mol. The lowest BCUT2D eigenvalue weighted by molar-refractivity contribution is 0.0138. The van der Waals surface area contributed by atoms with Crippen LogP contribution >= 0.6 is 9.24 Å². The van der Waals surface area contributed by atoms with Gasteiger partial charge in [-0.2, -0.15) is 0 Å². The van der Waals surface area contributed by atoms with Gasteiger partial charge in [0.05, 0.1) is 0 Å². The van der Waals surface area contributed by atoms with E-state index in [1.807, 2.05) is 6.92 Å². The van der Waals surface area contributed by atoms with Crippen LogP contribution in [0.4, 0.5) is 8.78 Å². The van der Waals surface area contributed by atoms with Crippen molar-refractivity contribution in [2.75, 3.05) is 0 Å². The maximum absolute atomic E-state index is 14.1. The number of rotatable bonds is 2. The second-order valence-corrected chi connectivity index (χ2v) is 7.53. The highest BCUT2D eigenvalue weighted by Crippen LogP contribution is 2.43. The van der Waals surface area contributed by atoms with Crippen LogP contribution in [0.3, 0.4) is 0 Å².